The van der Waals surface area contributed by atoms with Gasteiger partial charge in [0.25, 0.3) is 0 Å². The maximum atomic E-state index is 11.7. The number of hydrogen-bond donors (Lipinski definition) is 1. The van der Waals surface area contributed by atoms with Crippen LogP contribution in [0.4, 0.5) is 0 Å². The van der Waals surface area contributed by atoms with Crippen LogP contribution in [0.5, 0.6) is 5.75 Å². The first-order valence-corrected chi connectivity index (χ1v) is 8.38. The molecule has 0 fully saturated rings. The van der Waals surface area contributed by atoms with Crippen LogP contribution in [-0.4, -0.2) is 82.8 Å². The molecule has 0 spiro atoms. The van der Waals surface area contributed by atoms with E-state index in [2.05, 4.69) is 10.3 Å². The zero-order valence-electron chi connectivity index (χ0n) is 15.7. The molecule has 1 amide bonds. The summed E-state index contributed by atoms with van der Waals surface area (Å²) < 4.78 is 10.7. The Hall–Kier alpha value is -1.26. The lowest BCUT2D eigenvalue weighted by Crippen LogP contribution is -2.42. The van der Waals surface area contributed by atoms with E-state index in [0.717, 1.165) is 5.75 Å². The summed E-state index contributed by atoms with van der Waals surface area (Å²) in [5.41, 5.74) is 0. The third-order valence-corrected chi connectivity index (χ3v) is 3.57. The number of carbonyl (C=O) groups excluding carboxylic acids is 1. The molecule has 0 aromatic heterocycles. The Morgan fingerprint density at radius 2 is 1.85 bits per heavy atom. The number of methoxy groups -OCH3 is 1. The van der Waals surface area contributed by atoms with Gasteiger partial charge in [0.2, 0.25) is 5.91 Å². The van der Waals surface area contributed by atoms with Gasteiger partial charge in [-0.3, -0.25) is 4.79 Å². The normalized spacial score (nSPS) is 10.7. The van der Waals surface area contributed by atoms with Gasteiger partial charge in [-0.25, -0.2) is 4.99 Å². The Morgan fingerprint density at radius 3 is 2.42 bits per heavy atom. The van der Waals surface area contributed by atoms with Gasteiger partial charge in [0, 0.05) is 39.8 Å². The fraction of sp³-hybridized carbons (Fsp3) is 0.529. The van der Waals surface area contributed by atoms with Gasteiger partial charge < -0.3 is 24.6 Å². The van der Waals surface area contributed by atoms with Gasteiger partial charge in [0.05, 0.1) is 13.2 Å². The van der Waals surface area contributed by atoms with Gasteiger partial charge in [-0.1, -0.05) is 11.6 Å². The van der Waals surface area contributed by atoms with Gasteiger partial charge >= 0.3 is 0 Å². The van der Waals surface area contributed by atoms with Crippen LogP contribution in [0, 0.1) is 0 Å². The van der Waals surface area contributed by atoms with Crippen molar-refractivity contribution < 1.29 is 14.3 Å². The average Bonchev–Trinajstić information content (AvgIpc) is 2.59. The summed E-state index contributed by atoms with van der Waals surface area (Å²) in [6, 6.07) is 7.22. The standard InChI is InChI=1S/C17H27ClN4O3.HI/c1-21(2)16(23)13-20-17(19-9-11-24-4)22(3)10-12-25-15-7-5-14(18)6-8-15;/h5-8H,9-13H2,1-4H3,(H,19,20);1H. The minimum Gasteiger partial charge on any atom is -0.492 e. The summed E-state index contributed by atoms with van der Waals surface area (Å²) >= 11 is 5.85. The molecule has 1 rings (SSSR count). The number of ether oxygens (including phenoxy) is 2. The lowest BCUT2D eigenvalue weighted by molar-refractivity contribution is -0.127. The second-order valence-corrected chi connectivity index (χ2v) is 6.01. The van der Waals surface area contributed by atoms with Crippen molar-refractivity contribution in [3.63, 3.8) is 0 Å². The van der Waals surface area contributed by atoms with Gasteiger partial charge in [-0.05, 0) is 24.3 Å². The summed E-state index contributed by atoms with van der Waals surface area (Å²) in [4.78, 5) is 19.5. The summed E-state index contributed by atoms with van der Waals surface area (Å²) in [5, 5.41) is 3.85. The highest BCUT2D eigenvalue weighted by atomic mass is 127. The molecule has 1 N–H and O–H groups in total. The molecule has 9 heteroatoms. The van der Waals surface area contributed by atoms with E-state index in [9.17, 15) is 4.79 Å². The quantitative estimate of drug-likeness (QED) is 0.244. The number of aliphatic imine (C=N–C) groups is 1. The number of likely N-dealkylation sites (N-methyl/N-ethyl adjacent to an activating group) is 2. The number of hydrogen-bond acceptors (Lipinski definition) is 4. The van der Waals surface area contributed by atoms with Gasteiger partial charge in [-0.15, -0.1) is 24.0 Å². The highest BCUT2D eigenvalue weighted by Gasteiger charge is 2.09. The number of benzene rings is 1. The summed E-state index contributed by atoms with van der Waals surface area (Å²) in [6.45, 7) is 2.33. The predicted molar refractivity (Wildman–Crippen MR) is 116 cm³/mol. The first-order chi connectivity index (χ1) is 11.9. The molecule has 0 bridgehead atoms. The molecule has 0 atom stereocenters. The van der Waals surface area contributed by atoms with E-state index in [1.165, 1.54) is 4.90 Å². The number of nitrogens with zero attached hydrogens (tertiary/aromatic N) is 3. The van der Waals surface area contributed by atoms with E-state index in [4.69, 9.17) is 21.1 Å². The van der Waals surface area contributed by atoms with E-state index < -0.39 is 0 Å². The van der Waals surface area contributed by atoms with E-state index in [1.807, 2.05) is 24.1 Å². The lowest BCUT2D eigenvalue weighted by Gasteiger charge is -2.22. The predicted octanol–water partition coefficient (Wildman–Crippen LogP) is 1.95. The molecule has 0 saturated carbocycles. The van der Waals surface area contributed by atoms with Crippen LogP contribution in [0.3, 0.4) is 0 Å². The van der Waals surface area contributed by atoms with Crippen molar-refractivity contribution in [2.24, 2.45) is 4.99 Å². The summed E-state index contributed by atoms with van der Waals surface area (Å²) in [6.07, 6.45) is 0. The first-order valence-electron chi connectivity index (χ1n) is 8.01. The SMILES string of the molecule is COCCNC(=NCC(=O)N(C)C)N(C)CCOc1ccc(Cl)cc1.I. The second kappa shape index (κ2) is 13.9. The maximum absolute atomic E-state index is 11.7. The number of rotatable bonds is 9. The minimum absolute atomic E-state index is 0. The van der Waals surface area contributed by atoms with Gasteiger partial charge in [-0.2, -0.15) is 0 Å². The molecule has 148 valence electrons. The highest BCUT2D eigenvalue weighted by Crippen LogP contribution is 2.15. The molecule has 0 unspecified atom stereocenters. The fourth-order valence-corrected chi connectivity index (χ4v) is 1.92. The highest BCUT2D eigenvalue weighted by molar-refractivity contribution is 14.0. The van der Waals surface area contributed by atoms with Crippen LogP contribution in [0.1, 0.15) is 0 Å². The number of carbonyl (C=O) groups is 1. The average molecular weight is 499 g/mol. The minimum atomic E-state index is -0.0585. The third-order valence-electron chi connectivity index (χ3n) is 3.32. The maximum Gasteiger partial charge on any atom is 0.243 e. The van der Waals surface area contributed by atoms with Gasteiger partial charge in [0.1, 0.15) is 18.9 Å². The van der Waals surface area contributed by atoms with E-state index in [0.29, 0.717) is 37.3 Å². The molecule has 0 radical (unpaired) electrons. The summed E-state index contributed by atoms with van der Waals surface area (Å²) in [7, 11) is 6.95. The monoisotopic (exact) mass is 498 g/mol. The van der Waals surface area contributed by atoms with Crippen molar-refractivity contribution in [2.75, 3.05) is 61.1 Å². The van der Waals surface area contributed by atoms with Crippen molar-refractivity contribution in [3.8, 4) is 5.75 Å². The van der Waals surface area contributed by atoms with Crippen LogP contribution in [-0.2, 0) is 9.53 Å². The molecule has 0 aliphatic carbocycles. The Labute approximate surface area is 177 Å². The molecule has 0 aliphatic heterocycles. The zero-order valence-corrected chi connectivity index (χ0v) is 18.8. The Kier molecular flexibility index (Phi) is 13.2. The molecule has 0 saturated heterocycles. The summed E-state index contributed by atoms with van der Waals surface area (Å²) in [5.74, 6) is 1.33. The van der Waals surface area contributed by atoms with E-state index in [1.54, 1.807) is 33.3 Å². The van der Waals surface area contributed by atoms with Crippen molar-refractivity contribution in [1.82, 2.24) is 15.1 Å². The largest absolute Gasteiger partial charge is 0.492 e. The van der Waals surface area contributed by atoms with Crippen LogP contribution in [0.2, 0.25) is 5.02 Å². The van der Waals surface area contributed by atoms with Crippen LogP contribution in [0.25, 0.3) is 0 Å². The molecular formula is C17H28ClIN4O3. The number of halogens is 2. The van der Waals surface area contributed by atoms with E-state index >= 15 is 0 Å². The molecule has 7 nitrogen and oxygen atoms in total. The molecule has 0 heterocycles. The zero-order chi connectivity index (χ0) is 18.7. The molecule has 1 aromatic rings. The van der Waals surface area contributed by atoms with Crippen LogP contribution >= 0.6 is 35.6 Å². The second-order valence-electron chi connectivity index (χ2n) is 5.57. The van der Waals surface area contributed by atoms with Crippen molar-refractivity contribution in [1.29, 1.82) is 0 Å². The number of guanidine groups is 1. The topological polar surface area (TPSA) is 66.4 Å². The van der Waals surface area contributed by atoms with Crippen molar-refractivity contribution in [3.05, 3.63) is 29.3 Å². The Balaban J connectivity index is 0.00000625. The molecule has 0 aliphatic rings. The third kappa shape index (κ3) is 10.0. The molecule has 1 aromatic carbocycles. The number of nitrogens with one attached hydrogen (secondary N) is 1. The first kappa shape index (κ1) is 24.7. The number of amides is 1. The fourth-order valence-electron chi connectivity index (χ4n) is 1.80. The smallest absolute Gasteiger partial charge is 0.243 e. The van der Waals surface area contributed by atoms with Crippen LogP contribution < -0.4 is 10.1 Å². The Morgan fingerprint density at radius 1 is 1.19 bits per heavy atom. The van der Waals surface area contributed by atoms with Crippen molar-refractivity contribution in [2.45, 2.75) is 0 Å². The molecular weight excluding hydrogens is 471 g/mol. The van der Waals surface area contributed by atoms with E-state index in [-0.39, 0.29) is 36.4 Å². The van der Waals surface area contributed by atoms with Crippen molar-refractivity contribution >= 4 is 47.4 Å². The Bertz CT molecular complexity index is 555. The lowest BCUT2D eigenvalue weighted by atomic mass is 10.3. The van der Waals surface area contributed by atoms with Gasteiger partial charge in [0.15, 0.2) is 5.96 Å². The molecule has 26 heavy (non-hydrogen) atoms. The van der Waals surface area contributed by atoms with Crippen LogP contribution in [0.15, 0.2) is 29.3 Å².